The summed E-state index contributed by atoms with van der Waals surface area (Å²) in [7, 11) is 0. The second-order valence-electron chi connectivity index (χ2n) is 8.79. The van der Waals surface area contributed by atoms with Gasteiger partial charge in [-0.15, -0.1) is 0 Å². The molecule has 0 bridgehead atoms. The lowest BCUT2D eigenvalue weighted by Crippen LogP contribution is -2.24. The lowest BCUT2D eigenvalue weighted by atomic mass is 10.1. The monoisotopic (exact) mass is 464 g/mol. The van der Waals surface area contributed by atoms with Gasteiger partial charge in [0.2, 0.25) is 5.43 Å². The van der Waals surface area contributed by atoms with Gasteiger partial charge in [-0.25, -0.2) is 9.18 Å². The van der Waals surface area contributed by atoms with Gasteiger partial charge in [0.05, 0.1) is 23.5 Å². The van der Waals surface area contributed by atoms with Crippen LogP contribution in [0.25, 0.3) is 10.9 Å². The summed E-state index contributed by atoms with van der Waals surface area (Å²) in [6.45, 7) is 1.48. The Hall–Kier alpha value is -3.72. The Morgan fingerprint density at radius 2 is 2.00 bits per heavy atom. The molecule has 3 N–H and O–H groups in total. The van der Waals surface area contributed by atoms with Crippen LogP contribution < -0.4 is 16.1 Å². The summed E-state index contributed by atoms with van der Waals surface area (Å²) in [6.07, 6.45) is 3.15. The Kier molecular flexibility index (Phi) is 5.79. The first kappa shape index (κ1) is 22.1. The fourth-order valence-electron chi connectivity index (χ4n) is 4.43. The fourth-order valence-corrected chi connectivity index (χ4v) is 4.43. The van der Waals surface area contributed by atoms with Crippen molar-refractivity contribution in [1.29, 1.82) is 0 Å². The number of halogens is 1. The zero-order chi connectivity index (χ0) is 23.8. The molecule has 0 spiro atoms. The molecule has 8 nitrogen and oxygen atoms in total. The van der Waals surface area contributed by atoms with Gasteiger partial charge in [0, 0.05) is 36.6 Å². The Morgan fingerprint density at radius 1 is 1.24 bits per heavy atom. The molecule has 9 heteroatoms. The van der Waals surface area contributed by atoms with E-state index in [4.69, 9.17) is 10.6 Å². The largest absolute Gasteiger partial charge is 0.477 e. The average molecular weight is 464 g/mol. The maximum atomic E-state index is 15.2. The van der Waals surface area contributed by atoms with Crippen molar-refractivity contribution in [3.8, 4) is 0 Å². The Bertz CT molecular complexity index is 1330. The topological polar surface area (TPSA) is 110 Å². The molecule has 2 aliphatic rings. The van der Waals surface area contributed by atoms with E-state index in [1.165, 1.54) is 6.20 Å². The number of fused-ring (bicyclic) bond motifs is 1. The van der Waals surface area contributed by atoms with E-state index in [0.717, 1.165) is 30.2 Å². The number of carbonyl (C=O) groups is 1. The number of oxime groups is 1. The predicted molar refractivity (Wildman–Crippen MR) is 127 cm³/mol. The molecule has 3 aromatic rings. The highest BCUT2D eigenvalue weighted by Gasteiger charge is 2.32. The van der Waals surface area contributed by atoms with Gasteiger partial charge in [-0.05, 0) is 30.5 Å². The van der Waals surface area contributed by atoms with Crippen molar-refractivity contribution in [3.05, 3.63) is 75.8 Å². The van der Waals surface area contributed by atoms with Crippen LogP contribution in [-0.4, -0.2) is 41.0 Å². The predicted octanol–water partition coefficient (Wildman–Crippen LogP) is 3.14. The van der Waals surface area contributed by atoms with Crippen LogP contribution in [-0.2, 0) is 11.4 Å². The molecular formula is C25H25FN4O4. The van der Waals surface area contributed by atoms with Crippen molar-refractivity contribution in [1.82, 2.24) is 4.57 Å². The molecule has 34 heavy (non-hydrogen) atoms. The number of nitrogens with two attached hydrogens (primary N) is 1. The number of hydrogen-bond acceptors (Lipinski definition) is 6. The highest BCUT2D eigenvalue weighted by molar-refractivity contribution is 5.96. The minimum atomic E-state index is -1.31. The van der Waals surface area contributed by atoms with Crippen molar-refractivity contribution >= 4 is 28.3 Å². The van der Waals surface area contributed by atoms with Crippen molar-refractivity contribution in [3.63, 3.8) is 0 Å². The van der Waals surface area contributed by atoms with Crippen molar-refractivity contribution in [2.45, 2.75) is 25.5 Å². The van der Waals surface area contributed by atoms with Gasteiger partial charge in [-0.3, -0.25) is 4.79 Å². The third kappa shape index (κ3) is 4.14. The highest BCUT2D eigenvalue weighted by Crippen LogP contribution is 2.38. The first-order valence-corrected chi connectivity index (χ1v) is 11.3. The summed E-state index contributed by atoms with van der Waals surface area (Å²) in [4.78, 5) is 31.6. The van der Waals surface area contributed by atoms with Crippen LogP contribution in [0.4, 0.5) is 10.1 Å². The molecule has 2 heterocycles. The number of pyridine rings is 1. The number of aromatic carboxylic acids is 1. The zero-order valence-corrected chi connectivity index (χ0v) is 18.5. The number of carboxylic acids is 1. The quantitative estimate of drug-likeness (QED) is 0.520. The number of hydrogen-bond donors (Lipinski definition) is 2. The first-order valence-electron chi connectivity index (χ1n) is 11.3. The van der Waals surface area contributed by atoms with E-state index in [9.17, 15) is 14.7 Å². The maximum absolute atomic E-state index is 15.2. The van der Waals surface area contributed by atoms with Gasteiger partial charge in [0.25, 0.3) is 0 Å². The van der Waals surface area contributed by atoms with Crippen molar-refractivity contribution in [2.75, 3.05) is 24.5 Å². The fraction of sp³-hybridized carbons (Fsp3) is 0.320. The molecule has 1 aliphatic heterocycles. The smallest absolute Gasteiger partial charge is 0.341 e. The lowest BCUT2D eigenvalue weighted by molar-refractivity contribution is 0.0695. The second kappa shape index (κ2) is 8.90. The van der Waals surface area contributed by atoms with Crippen molar-refractivity contribution in [2.24, 2.45) is 16.8 Å². The summed E-state index contributed by atoms with van der Waals surface area (Å²) in [5.41, 5.74) is 7.52. The number of anilines is 1. The van der Waals surface area contributed by atoms with E-state index in [0.29, 0.717) is 37.4 Å². The summed E-state index contributed by atoms with van der Waals surface area (Å²) >= 11 is 0. The van der Waals surface area contributed by atoms with Gasteiger partial charge in [-0.2, -0.15) is 0 Å². The van der Waals surface area contributed by atoms with Crippen LogP contribution in [0.15, 0.2) is 58.6 Å². The van der Waals surface area contributed by atoms with Crippen LogP contribution in [0.2, 0.25) is 0 Å². The van der Waals surface area contributed by atoms with E-state index in [1.807, 2.05) is 35.2 Å². The molecule has 2 aromatic carbocycles. The molecule has 1 saturated carbocycles. The molecule has 1 saturated heterocycles. The Morgan fingerprint density at radius 3 is 2.68 bits per heavy atom. The minimum Gasteiger partial charge on any atom is -0.477 e. The molecule has 1 unspecified atom stereocenters. The van der Waals surface area contributed by atoms with Crippen LogP contribution in [0, 0.1) is 11.7 Å². The molecular weight excluding hydrogens is 439 g/mol. The summed E-state index contributed by atoms with van der Waals surface area (Å²) in [5.74, 6) is -1.99. The molecule has 5 rings (SSSR count). The first-order chi connectivity index (χ1) is 16.5. The number of rotatable bonds is 7. The highest BCUT2D eigenvalue weighted by atomic mass is 19.1. The summed E-state index contributed by atoms with van der Waals surface area (Å²) in [5, 5.41) is 13.8. The van der Waals surface area contributed by atoms with E-state index >= 15 is 4.39 Å². The second-order valence-corrected chi connectivity index (χ2v) is 8.79. The SMILES string of the molecule is NCC1CN(c2cc3c(cc2F)c(=O)c(C(=O)O)cn3C2CC2)C/C1=N\OCc1ccccc1. The Balaban J connectivity index is 1.46. The molecule has 1 aromatic heterocycles. The standard InChI is InChI=1S/C25H25FN4O4/c26-20-8-18-22(30(17-6-7-17)12-19(24(18)31)25(32)33)9-23(20)29-11-16(10-27)21(13-29)28-34-14-15-4-2-1-3-5-15/h1-5,8-9,12,16-17H,6-7,10-11,13-14,27H2,(H,32,33)/b28-21+. The van der Waals surface area contributed by atoms with Crippen LogP contribution >= 0.6 is 0 Å². The van der Waals surface area contributed by atoms with E-state index in [1.54, 1.807) is 10.6 Å². The molecule has 0 amide bonds. The number of aromatic nitrogens is 1. The summed E-state index contributed by atoms with van der Waals surface area (Å²) < 4.78 is 17.0. The molecule has 1 aliphatic carbocycles. The molecule has 176 valence electrons. The normalized spacial score (nSPS) is 19.2. The zero-order valence-electron chi connectivity index (χ0n) is 18.5. The number of nitrogens with zero attached hydrogens (tertiary/aromatic N) is 3. The molecule has 0 radical (unpaired) electrons. The van der Waals surface area contributed by atoms with Gasteiger partial charge in [0.1, 0.15) is 18.0 Å². The van der Waals surface area contributed by atoms with Crippen LogP contribution in [0.3, 0.4) is 0 Å². The van der Waals surface area contributed by atoms with Crippen LogP contribution in [0.5, 0.6) is 0 Å². The number of benzene rings is 2. The van der Waals surface area contributed by atoms with Gasteiger partial charge >= 0.3 is 5.97 Å². The van der Waals surface area contributed by atoms with Gasteiger partial charge in [-0.1, -0.05) is 35.5 Å². The minimum absolute atomic E-state index is 0.0720. The van der Waals surface area contributed by atoms with Crippen molar-refractivity contribution < 1.29 is 19.1 Å². The van der Waals surface area contributed by atoms with Gasteiger partial charge in [0.15, 0.2) is 0 Å². The van der Waals surface area contributed by atoms with Gasteiger partial charge < -0.3 is 25.1 Å². The Labute approximate surface area is 195 Å². The third-order valence-electron chi connectivity index (χ3n) is 6.42. The maximum Gasteiger partial charge on any atom is 0.341 e. The number of carboxylic acid groups (broad SMARTS) is 1. The van der Waals surface area contributed by atoms with E-state index in [2.05, 4.69) is 5.16 Å². The molecule has 2 fully saturated rings. The molecule has 1 atom stereocenters. The summed E-state index contributed by atoms with van der Waals surface area (Å²) in [6, 6.07) is 12.6. The van der Waals surface area contributed by atoms with E-state index in [-0.39, 0.29) is 22.9 Å². The van der Waals surface area contributed by atoms with Crippen LogP contribution in [0.1, 0.15) is 34.8 Å². The van der Waals surface area contributed by atoms with E-state index < -0.39 is 17.2 Å². The third-order valence-corrected chi connectivity index (χ3v) is 6.42. The average Bonchev–Trinajstić information content (AvgIpc) is 3.59. The lowest BCUT2D eigenvalue weighted by Gasteiger charge is -2.20.